The van der Waals surface area contributed by atoms with Crippen LogP contribution in [0.15, 0.2) is 18.2 Å². The lowest BCUT2D eigenvalue weighted by Crippen LogP contribution is -2.38. The lowest BCUT2D eigenvalue weighted by Gasteiger charge is -2.17. The van der Waals surface area contributed by atoms with Gasteiger partial charge in [-0.2, -0.15) is 0 Å². The van der Waals surface area contributed by atoms with Gasteiger partial charge in [-0.05, 0) is 31.0 Å². The number of carbonyl (C=O) groups excluding carboxylic acids is 1. The van der Waals surface area contributed by atoms with Crippen molar-refractivity contribution in [2.24, 2.45) is 5.41 Å². The second-order valence-electron chi connectivity index (χ2n) is 7.66. The van der Waals surface area contributed by atoms with Gasteiger partial charge in [0.15, 0.2) is 0 Å². The van der Waals surface area contributed by atoms with Gasteiger partial charge in [0.2, 0.25) is 5.91 Å². The first-order valence-electron chi connectivity index (χ1n) is 7.97. The van der Waals surface area contributed by atoms with Crippen LogP contribution in [-0.4, -0.2) is 24.6 Å². The topological polar surface area (TPSA) is 50.4 Å². The van der Waals surface area contributed by atoms with Gasteiger partial charge in [-0.15, -0.1) is 0 Å². The first-order valence-corrected chi connectivity index (χ1v) is 7.97. The van der Waals surface area contributed by atoms with Crippen molar-refractivity contribution in [1.82, 2.24) is 10.6 Å². The fourth-order valence-electron chi connectivity index (χ4n) is 2.54. The Morgan fingerprint density at radius 3 is 2.68 bits per heavy atom. The molecule has 1 amide bonds. The van der Waals surface area contributed by atoms with Crippen LogP contribution in [0.5, 0.6) is 5.75 Å². The summed E-state index contributed by atoms with van der Waals surface area (Å²) < 4.78 is 5.88. The molecule has 2 N–H and O–H groups in total. The van der Waals surface area contributed by atoms with Crippen LogP contribution in [0.25, 0.3) is 0 Å². The van der Waals surface area contributed by atoms with E-state index >= 15 is 0 Å². The first kappa shape index (κ1) is 16.8. The minimum absolute atomic E-state index is 0.0891. The summed E-state index contributed by atoms with van der Waals surface area (Å²) in [5.41, 5.74) is 2.12. The summed E-state index contributed by atoms with van der Waals surface area (Å²) in [6, 6.07) is 6.37. The minimum atomic E-state index is -0.327. The van der Waals surface area contributed by atoms with Crippen molar-refractivity contribution in [3.8, 4) is 5.75 Å². The molecule has 0 fully saturated rings. The number of hydrogen-bond acceptors (Lipinski definition) is 3. The van der Waals surface area contributed by atoms with Crippen LogP contribution < -0.4 is 15.4 Å². The summed E-state index contributed by atoms with van der Waals surface area (Å²) in [5, 5.41) is 6.30. The molecule has 1 heterocycles. The van der Waals surface area contributed by atoms with Crippen molar-refractivity contribution >= 4 is 5.91 Å². The Hall–Kier alpha value is -1.55. The highest BCUT2D eigenvalue weighted by Gasteiger charge is 2.29. The quantitative estimate of drug-likeness (QED) is 0.822. The van der Waals surface area contributed by atoms with Crippen molar-refractivity contribution in [3.05, 3.63) is 29.3 Å². The molecule has 0 bridgehead atoms. The van der Waals surface area contributed by atoms with Gasteiger partial charge in [-0.3, -0.25) is 4.79 Å². The summed E-state index contributed by atoms with van der Waals surface area (Å²) in [6.07, 6.45) is 0.956. The van der Waals surface area contributed by atoms with E-state index in [1.165, 1.54) is 11.1 Å². The normalized spacial score (nSPS) is 16.0. The van der Waals surface area contributed by atoms with Gasteiger partial charge in [0.05, 0.1) is 0 Å². The van der Waals surface area contributed by atoms with Crippen LogP contribution in [0, 0.1) is 5.41 Å². The van der Waals surface area contributed by atoms with Gasteiger partial charge >= 0.3 is 0 Å². The maximum absolute atomic E-state index is 11.7. The molecule has 0 saturated carbocycles. The molecule has 2 rings (SSSR count). The molecule has 0 radical (unpaired) electrons. The predicted molar refractivity (Wildman–Crippen MR) is 89.0 cm³/mol. The number of nitrogens with one attached hydrogen (secondary N) is 2. The number of carbonyl (C=O) groups is 1. The Morgan fingerprint density at radius 2 is 2.00 bits per heavy atom. The van der Waals surface area contributed by atoms with Gasteiger partial charge < -0.3 is 15.4 Å². The molecule has 0 aliphatic carbocycles. The maximum atomic E-state index is 11.7. The second kappa shape index (κ2) is 6.29. The first-order chi connectivity index (χ1) is 10.2. The third kappa shape index (κ3) is 4.47. The van der Waals surface area contributed by atoms with E-state index in [1.54, 1.807) is 0 Å². The van der Waals surface area contributed by atoms with Crippen LogP contribution in [-0.2, 0) is 17.8 Å². The highest BCUT2D eigenvalue weighted by atomic mass is 16.5. The lowest BCUT2D eigenvalue weighted by atomic mass is 9.96. The van der Waals surface area contributed by atoms with E-state index in [0.29, 0.717) is 6.54 Å². The van der Waals surface area contributed by atoms with E-state index in [1.807, 2.05) is 20.8 Å². The van der Waals surface area contributed by atoms with Crippen molar-refractivity contribution in [1.29, 1.82) is 0 Å². The molecule has 0 aromatic heterocycles. The highest BCUT2D eigenvalue weighted by molar-refractivity contribution is 5.81. The maximum Gasteiger partial charge on any atom is 0.225 e. The average Bonchev–Trinajstić information content (AvgIpc) is 2.70. The second-order valence-corrected chi connectivity index (χ2v) is 7.66. The Labute approximate surface area is 133 Å². The van der Waals surface area contributed by atoms with Crippen LogP contribution in [0.2, 0.25) is 0 Å². The Balaban J connectivity index is 1.74. The molecular formula is C18H28N2O2. The molecule has 1 aliphatic heterocycles. The third-order valence-corrected chi connectivity index (χ3v) is 3.72. The Bertz CT molecular complexity index is 545. The third-order valence-electron chi connectivity index (χ3n) is 3.72. The van der Waals surface area contributed by atoms with Crippen molar-refractivity contribution in [3.63, 3.8) is 0 Å². The van der Waals surface area contributed by atoms with Gasteiger partial charge in [-0.1, -0.05) is 32.9 Å². The molecule has 1 aromatic carbocycles. The molecule has 4 nitrogen and oxygen atoms in total. The van der Waals surface area contributed by atoms with E-state index in [-0.39, 0.29) is 16.9 Å². The number of fused-ring (bicyclic) bond motifs is 1. The Morgan fingerprint density at radius 1 is 1.27 bits per heavy atom. The van der Waals surface area contributed by atoms with E-state index in [4.69, 9.17) is 4.74 Å². The molecular weight excluding hydrogens is 276 g/mol. The number of rotatable bonds is 5. The van der Waals surface area contributed by atoms with Crippen molar-refractivity contribution in [2.45, 2.75) is 53.2 Å². The zero-order chi connectivity index (χ0) is 16.4. The van der Waals surface area contributed by atoms with Crippen LogP contribution in [0.4, 0.5) is 0 Å². The fraction of sp³-hybridized carbons (Fsp3) is 0.611. The largest absolute Gasteiger partial charge is 0.487 e. The zero-order valence-electron chi connectivity index (χ0n) is 14.4. The molecule has 1 aliphatic rings. The zero-order valence-corrected chi connectivity index (χ0v) is 14.4. The van der Waals surface area contributed by atoms with E-state index < -0.39 is 0 Å². The summed E-state index contributed by atoms with van der Waals surface area (Å²) in [5.74, 6) is 1.09. The summed E-state index contributed by atoms with van der Waals surface area (Å²) in [6.45, 7) is 12.2. The average molecular weight is 304 g/mol. The lowest BCUT2D eigenvalue weighted by molar-refractivity contribution is -0.128. The number of amides is 1. The van der Waals surface area contributed by atoms with Gasteiger partial charge in [0.1, 0.15) is 11.4 Å². The monoisotopic (exact) mass is 304 g/mol. The molecule has 4 heteroatoms. The number of ether oxygens (including phenoxy) is 1. The molecule has 122 valence electrons. The van der Waals surface area contributed by atoms with Crippen LogP contribution in [0.3, 0.4) is 0 Å². The van der Waals surface area contributed by atoms with Crippen LogP contribution in [0.1, 0.15) is 45.7 Å². The van der Waals surface area contributed by atoms with Gasteiger partial charge in [0.25, 0.3) is 0 Å². The van der Waals surface area contributed by atoms with E-state index in [9.17, 15) is 4.79 Å². The molecule has 0 spiro atoms. The summed E-state index contributed by atoms with van der Waals surface area (Å²) in [7, 11) is 0. The summed E-state index contributed by atoms with van der Waals surface area (Å²) >= 11 is 0. The number of hydrogen-bond donors (Lipinski definition) is 2. The number of benzene rings is 1. The van der Waals surface area contributed by atoms with Gasteiger partial charge in [-0.25, -0.2) is 0 Å². The predicted octanol–water partition coefficient (Wildman–Crippen LogP) is 2.65. The van der Waals surface area contributed by atoms with Crippen LogP contribution >= 0.6 is 0 Å². The highest BCUT2D eigenvalue weighted by Crippen LogP contribution is 2.35. The summed E-state index contributed by atoms with van der Waals surface area (Å²) in [4.78, 5) is 11.7. The smallest absolute Gasteiger partial charge is 0.225 e. The Kier molecular flexibility index (Phi) is 4.81. The standard InChI is InChI=1S/C18H28N2O2/c1-17(2,3)16(21)20-9-8-19-12-13-6-7-15-14(10-13)11-18(4,5)22-15/h6-7,10,19H,8-9,11-12H2,1-5H3,(H,20,21). The molecule has 0 saturated heterocycles. The van der Waals surface area contributed by atoms with E-state index in [0.717, 1.165) is 25.3 Å². The van der Waals surface area contributed by atoms with E-state index in [2.05, 4.69) is 42.7 Å². The SMILES string of the molecule is CC1(C)Cc2cc(CNCCNC(=O)C(C)(C)C)ccc2O1. The molecule has 22 heavy (non-hydrogen) atoms. The van der Waals surface area contributed by atoms with Gasteiger partial charge in [0, 0.05) is 31.5 Å². The molecule has 1 aromatic rings. The van der Waals surface area contributed by atoms with Crippen molar-refractivity contribution < 1.29 is 9.53 Å². The molecule has 0 atom stereocenters. The van der Waals surface area contributed by atoms with Crippen molar-refractivity contribution in [2.75, 3.05) is 13.1 Å². The minimum Gasteiger partial charge on any atom is -0.487 e. The fourth-order valence-corrected chi connectivity index (χ4v) is 2.54. The molecule has 0 unspecified atom stereocenters.